The number of thiazole rings is 1. The molecule has 0 saturated carbocycles. The van der Waals surface area contributed by atoms with Gasteiger partial charge in [0.1, 0.15) is 0 Å². The summed E-state index contributed by atoms with van der Waals surface area (Å²) in [5.41, 5.74) is 2.03. The number of nitrogens with one attached hydrogen (secondary N) is 1. The molecule has 0 bridgehead atoms. The van der Waals surface area contributed by atoms with Gasteiger partial charge in [-0.3, -0.25) is 4.57 Å². The van der Waals surface area contributed by atoms with E-state index in [1.807, 2.05) is 53.8 Å². The first kappa shape index (κ1) is 14.0. The summed E-state index contributed by atoms with van der Waals surface area (Å²) in [5, 5.41) is 10.3. The molecule has 108 valence electrons. The zero-order valence-corrected chi connectivity index (χ0v) is 13.4. The van der Waals surface area contributed by atoms with Crippen LogP contribution in [-0.4, -0.2) is 26.8 Å². The highest BCUT2D eigenvalue weighted by atomic mass is 32.1. The third-order valence-electron chi connectivity index (χ3n) is 3.08. The normalized spacial score (nSPS) is 10.8. The van der Waals surface area contributed by atoms with Crippen molar-refractivity contribution in [3.05, 3.63) is 51.2 Å². The van der Waals surface area contributed by atoms with Gasteiger partial charge in [0.05, 0.1) is 22.9 Å². The molecule has 2 heterocycles. The number of aromatic amines is 1. The van der Waals surface area contributed by atoms with Crippen LogP contribution in [0.5, 0.6) is 0 Å². The van der Waals surface area contributed by atoms with Gasteiger partial charge >= 0.3 is 0 Å². The number of para-hydroxylation sites is 1. The number of hydrogen-bond donors (Lipinski definition) is 1. The predicted molar refractivity (Wildman–Crippen MR) is 87.7 cm³/mol. The van der Waals surface area contributed by atoms with E-state index in [0.29, 0.717) is 11.3 Å². The van der Waals surface area contributed by atoms with Crippen molar-refractivity contribution in [2.45, 2.75) is 13.5 Å². The smallest absolute Gasteiger partial charge is 0.230 e. The maximum absolute atomic E-state index is 5.35. The topological polar surface area (TPSA) is 49.7 Å². The largest absolute Gasteiger partial charge is 0.338 e. The SMILES string of the molecule is Cc1nc(CN(C)c2n[nH]c(=S)n2-c2ccccc2)cs1. The van der Waals surface area contributed by atoms with E-state index in [9.17, 15) is 0 Å². The quantitative estimate of drug-likeness (QED) is 0.750. The van der Waals surface area contributed by atoms with E-state index in [0.717, 1.165) is 22.3 Å². The number of hydrogen-bond acceptors (Lipinski definition) is 5. The number of aryl methyl sites for hydroxylation is 1. The third-order valence-corrected chi connectivity index (χ3v) is 4.17. The van der Waals surface area contributed by atoms with E-state index in [2.05, 4.69) is 20.6 Å². The Morgan fingerprint density at radius 1 is 1.33 bits per heavy atom. The molecular formula is C14H15N5S2. The van der Waals surface area contributed by atoms with Crippen molar-refractivity contribution in [2.24, 2.45) is 0 Å². The average Bonchev–Trinajstić information content (AvgIpc) is 3.06. The molecule has 0 aliphatic rings. The molecule has 3 rings (SSSR count). The van der Waals surface area contributed by atoms with Crippen LogP contribution >= 0.6 is 23.6 Å². The molecule has 2 aromatic heterocycles. The zero-order valence-electron chi connectivity index (χ0n) is 11.8. The van der Waals surface area contributed by atoms with Gasteiger partial charge in [0.2, 0.25) is 10.7 Å². The summed E-state index contributed by atoms with van der Waals surface area (Å²) in [6.45, 7) is 2.70. The Hall–Kier alpha value is -1.99. The molecule has 0 unspecified atom stereocenters. The van der Waals surface area contributed by atoms with Gasteiger partial charge in [0.15, 0.2) is 0 Å². The highest BCUT2D eigenvalue weighted by Gasteiger charge is 2.13. The summed E-state index contributed by atoms with van der Waals surface area (Å²) in [6, 6.07) is 9.97. The number of rotatable bonds is 4. The predicted octanol–water partition coefficient (Wildman–Crippen LogP) is 3.33. The molecule has 0 radical (unpaired) electrons. The van der Waals surface area contributed by atoms with Crippen molar-refractivity contribution in [3.8, 4) is 5.69 Å². The summed E-state index contributed by atoms with van der Waals surface area (Å²) in [4.78, 5) is 6.52. The number of H-pyrrole nitrogens is 1. The fraction of sp³-hybridized carbons (Fsp3) is 0.214. The second-order valence-corrected chi connectivity index (χ2v) is 6.16. The minimum atomic E-state index is 0.581. The van der Waals surface area contributed by atoms with E-state index in [1.54, 1.807) is 11.3 Å². The summed E-state index contributed by atoms with van der Waals surface area (Å²) in [5.74, 6) is 0.775. The molecule has 0 spiro atoms. The van der Waals surface area contributed by atoms with Gasteiger partial charge in [-0.2, -0.15) is 0 Å². The number of aromatic nitrogens is 4. The van der Waals surface area contributed by atoms with Crippen LogP contribution in [0, 0.1) is 11.7 Å². The van der Waals surface area contributed by atoms with E-state index in [1.165, 1.54) is 0 Å². The van der Waals surface area contributed by atoms with Crippen LogP contribution in [0.2, 0.25) is 0 Å². The summed E-state index contributed by atoms with van der Waals surface area (Å²) in [6.07, 6.45) is 0. The molecule has 21 heavy (non-hydrogen) atoms. The van der Waals surface area contributed by atoms with Gasteiger partial charge < -0.3 is 4.90 Å². The second-order valence-electron chi connectivity index (χ2n) is 4.71. The van der Waals surface area contributed by atoms with Crippen LogP contribution in [0.25, 0.3) is 5.69 Å². The molecule has 0 fully saturated rings. The average molecular weight is 317 g/mol. The van der Waals surface area contributed by atoms with Crippen LogP contribution < -0.4 is 4.90 Å². The van der Waals surface area contributed by atoms with Gasteiger partial charge in [0, 0.05) is 12.4 Å². The molecule has 0 amide bonds. The molecule has 0 aliphatic heterocycles. The second kappa shape index (κ2) is 5.79. The molecular weight excluding hydrogens is 302 g/mol. The van der Waals surface area contributed by atoms with Crippen LogP contribution in [0.15, 0.2) is 35.7 Å². The maximum atomic E-state index is 5.35. The molecule has 3 aromatic rings. The Kier molecular flexibility index (Phi) is 3.85. The van der Waals surface area contributed by atoms with Crippen molar-refractivity contribution < 1.29 is 0 Å². The van der Waals surface area contributed by atoms with E-state index < -0.39 is 0 Å². The molecule has 7 heteroatoms. The van der Waals surface area contributed by atoms with Crippen LogP contribution in [0.1, 0.15) is 10.7 Å². The monoisotopic (exact) mass is 317 g/mol. The molecule has 1 aromatic carbocycles. The maximum Gasteiger partial charge on any atom is 0.230 e. The summed E-state index contributed by atoms with van der Waals surface area (Å²) < 4.78 is 2.51. The van der Waals surface area contributed by atoms with Gasteiger partial charge in [-0.25, -0.2) is 10.1 Å². The van der Waals surface area contributed by atoms with Crippen molar-refractivity contribution >= 4 is 29.5 Å². The van der Waals surface area contributed by atoms with Gasteiger partial charge in [-0.05, 0) is 31.3 Å². The Balaban J connectivity index is 1.94. The fourth-order valence-corrected chi connectivity index (χ4v) is 2.99. The minimum Gasteiger partial charge on any atom is -0.338 e. The number of anilines is 1. The Morgan fingerprint density at radius 2 is 2.10 bits per heavy atom. The van der Waals surface area contributed by atoms with Crippen LogP contribution in [0.3, 0.4) is 0 Å². The van der Waals surface area contributed by atoms with Gasteiger partial charge in [-0.15, -0.1) is 16.4 Å². The minimum absolute atomic E-state index is 0.581. The molecule has 0 saturated heterocycles. The Bertz CT molecular complexity index is 787. The summed E-state index contributed by atoms with van der Waals surface area (Å²) in [7, 11) is 1.99. The van der Waals surface area contributed by atoms with E-state index in [-0.39, 0.29) is 0 Å². The van der Waals surface area contributed by atoms with E-state index in [4.69, 9.17) is 12.2 Å². The highest BCUT2D eigenvalue weighted by Crippen LogP contribution is 2.19. The highest BCUT2D eigenvalue weighted by molar-refractivity contribution is 7.71. The number of benzene rings is 1. The lowest BCUT2D eigenvalue weighted by atomic mass is 10.3. The Labute approximate surface area is 131 Å². The first-order valence-corrected chi connectivity index (χ1v) is 7.79. The standard InChI is InChI=1S/C14H15N5S2/c1-10-15-11(9-21-10)8-18(2)13-16-17-14(20)19(13)12-6-4-3-5-7-12/h3-7,9H,8H2,1-2H3,(H,17,20). The molecule has 0 aliphatic carbocycles. The van der Waals surface area contributed by atoms with Crippen LogP contribution in [-0.2, 0) is 6.54 Å². The lowest BCUT2D eigenvalue weighted by Gasteiger charge is -2.17. The van der Waals surface area contributed by atoms with Gasteiger partial charge in [0.25, 0.3) is 0 Å². The third kappa shape index (κ3) is 2.88. The van der Waals surface area contributed by atoms with Crippen molar-refractivity contribution in [3.63, 3.8) is 0 Å². The molecule has 5 nitrogen and oxygen atoms in total. The lowest BCUT2D eigenvalue weighted by Crippen LogP contribution is -2.20. The van der Waals surface area contributed by atoms with Crippen LogP contribution in [0.4, 0.5) is 5.95 Å². The first-order chi connectivity index (χ1) is 10.1. The zero-order chi connectivity index (χ0) is 14.8. The van der Waals surface area contributed by atoms with Crippen molar-refractivity contribution in [1.82, 2.24) is 19.7 Å². The molecule has 0 atom stereocenters. The first-order valence-electron chi connectivity index (χ1n) is 6.50. The van der Waals surface area contributed by atoms with E-state index >= 15 is 0 Å². The summed E-state index contributed by atoms with van der Waals surface area (Å²) >= 11 is 7.00. The van der Waals surface area contributed by atoms with Crippen molar-refractivity contribution in [2.75, 3.05) is 11.9 Å². The van der Waals surface area contributed by atoms with Crippen molar-refractivity contribution in [1.29, 1.82) is 0 Å². The number of nitrogens with zero attached hydrogens (tertiary/aromatic N) is 4. The fourth-order valence-electron chi connectivity index (χ4n) is 2.15. The lowest BCUT2D eigenvalue weighted by molar-refractivity contribution is 0.825. The molecule has 1 N–H and O–H groups in total. The van der Waals surface area contributed by atoms with Gasteiger partial charge in [-0.1, -0.05) is 18.2 Å². The Morgan fingerprint density at radius 3 is 2.76 bits per heavy atom.